The van der Waals surface area contributed by atoms with Crippen LogP contribution in [0, 0.1) is 0 Å². The van der Waals surface area contributed by atoms with Gasteiger partial charge < -0.3 is 11.5 Å². The zero-order valence-electron chi connectivity index (χ0n) is 27.6. The molecule has 6 rings (SSSR count). The maximum absolute atomic E-state index is 6.15. The van der Waals surface area contributed by atoms with Crippen LogP contribution in [0.25, 0.3) is 0 Å². The van der Waals surface area contributed by atoms with Crippen LogP contribution in [-0.2, 0) is 40.8 Å². The van der Waals surface area contributed by atoms with E-state index in [0.29, 0.717) is 0 Å². The number of aryl methyl sites for hydroxylation is 2. The molecule has 246 valence electrons. The standard InChI is InChI=1S/C24H32P2S.C14H16N2.2ClH.Ru/c1-25(2)21-15-13-17-9-5-7-11-19(17)23(21)27-24-20-12-8-6-10-18(20)14-16-22(24)26(3)4;15-13(11-7-3-1-4-8-11)14(16)12-9-5-2-6-10-12;;;/h13-16H,5-12H2,1-4H3;1-10,13-14H,15-16H2;2*1H;/q;;;;+4. The molecule has 8 heteroatoms. The second-order valence-corrected chi connectivity index (χ2v) is 21.3. The first kappa shape index (κ1) is 38.0. The Labute approximate surface area is 300 Å². The Hall–Kier alpha value is -0.787. The number of rotatable bonds is 7. The molecule has 4 aromatic carbocycles. The Kier molecular flexibility index (Phi) is 16.0. The summed E-state index contributed by atoms with van der Waals surface area (Å²) in [5.74, 6) is 0. The molecule has 0 heterocycles. The van der Waals surface area contributed by atoms with Crippen molar-refractivity contribution in [1.29, 1.82) is 0 Å². The predicted molar refractivity (Wildman–Crippen MR) is 208 cm³/mol. The van der Waals surface area contributed by atoms with Crippen molar-refractivity contribution in [1.82, 2.24) is 0 Å². The van der Waals surface area contributed by atoms with Crippen LogP contribution in [-0.4, -0.2) is 26.7 Å². The van der Waals surface area contributed by atoms with Crippen LogP contribution in [0.1, 0.15) is 71.1 Å². The van der Waals surface area contributed by atoms with Gasteiger partial charge in [-0.1, -0.05) is 84.6 Å². The van der Waals surface area contributed by atoms with E-state index in [1.807, 2.05) is 60.7 Å². The van der Waals surface area contributed by atoms with Gasteiger partial charge in [-0.15, -0.1) is 0 Å². The van der Waals surface area contributed by atoms with Gasteiger partial charge in [0, 0.05) is 27.9 Å². The van der Waals surface area contributed by atoms with E-state index in [4.69, 9.17) is 30.8 Å². The molecule has 2 unspecified atom stereocenters. The summed E-state index contributed by atoms with van der Waals surface area (Å²) in [6.45, 7) is 9.87. The molecule has 0 saturated carbocycles. The molecular formula is C38H50Cl2N2P2RuS+4. The van der Waals surface area contributed by atoms with Gasteiger partial charge in [0.15, 0.2) is 0 Å². The minimum absolute atomic E-state index is 0.163. The monoisotopic (exact) mass is 800 g/mol. The number of nitrogens with two attached hydrogens (primary N) is 2. The molecule has 0 bridgehead atoms. The summed E-state index contributed by atoms with van der Waals surface area (Å²) in [5, 5.41) is 3.34. The van der Waals surface area contributed by atoms with E-state index in [-0.39, 0.29) is 27.2 Å². The number of benzene rings is 4. The first-order chi connectivity index (χ1) is 22.3. The van der Waals surface area contributed by atoms with Gasteiger partial charge in [0.1, 0.15) is 10.6 Å². The van der Waals surface area contributed by atoms with Crippen molar-refractivity contribution < 1.29 is 15.1 Å². The van der Waals surface area contributed by atoms with E-state index in [0.717, 1.165) is 11.1 Å². The Morgan fingerprint density at radius 3 is 1.26 bits per heavy atom. The average molecular weight is 801 g/mol. The van der Waals surface area contributed by atoms with Gasteiger partial charge in [-0.2, -0.15) is 0 Å². The molecule has 0 aliphatic heterocycles. The van der Waals surface area contributed by atoms with Gasteiger partial charge in [-0.25, -0.2) is 0 Å². The Morgan fingerprint density at radius 1 is 0.565 bits per heavy atom. The molecule has 2 aliphatic carbocycles. The van der Waals surface area contributed by atoms with E-state index in [1.165, 1.54) is 51.4 Å². The number of hydrogen-bond donors (Lipinski definition) is 2. The van der Waals surface area contributed by atoms with Crippen LogP contribution in [0.15, 0.2) is 94.7 Å². The van der Waals surface area contributed by atoms with Gasteiger partial charge in [-0.3, -0.25) is 0 Å². The van der Waals surface area contributed by atoms with Gasteiger partial charge in [0.25, 0.3) is 0 Å². The second kappa shape index (κ2) is 19.4. The molecule has 4 aromatic rings. The van der Waals surface area contributed by atoms with Crippen molar-refractivity contribution in [2.75, 3.05) is 26.7 Å². The summed E-state index contributed by atoms with van der Waals surface area (Å²) in [7, 11) is 8.79. The molecule has 0 amide bonds. The third-order valence-corrected chi connectivity index (χ3v) is 13.7. The van der Waals surface area contributed by atoms with Crippen molar-refractivity contribution in [2.24, 2.45) is 11.5 Å². The first-order valence-electron chi connectivity index (χ1n) is 16.3. The molecule has 4 N–H and O–H groups in total. The fourth-order valence-corrected chi connectivity index (χ4v) is 11.3. The predicted octanol–water partition coefficient (Wildman–Crippen LogP) is 9.56. The molecule has 46 heavy (non-hydrogen) atoms. The molecule has 0 saturated heterocycles. The van der Waals surface area contributed by atoms with Gasteiger partial charge in [-0.05, 0) is 96.9 Å². The summed E-state index contributed by atoms with van der Waals surface area (Å²) in [6.07, 6.45) is 10.6. The van der Waals surface area contributed by atoms with E-state index >= 15 is 0 Å². The molecule has 0 aromatic heterocycles. The quantitative estimate of drug-likeness (QED) is 0.145. The number of hydrogen-bond acceptors (Lipinski definition) is 3. The summed E-state index contributed by atoms with van der Waals surface area (Å²) < 4.78 is 0. The Balaban J connectivity index is 0.000000215. The summed E-state index contributed by atoms with van der Waals surface area (Å²) >= 11 is 1.83. The molecule has 0 spiro atoms. The maximum atomic E-state index is 6.15. The Bertz CT molecular complexity index is 1410. The summed E-state index contributed by atoms with van der Waals surface area (Å²) in [6, 6.07) is 29.5. The SMILES string of the molecule is C[PH+](C)c1ccc2c(c1Sc1c([PH+](C)C)ccc3c1CCCC3)CCCC2.NC(c1ccccc1)C(N)c1ccccc1.[Cl][Ru+2][Cl]. The normalized spacial score (nSPS) is 15.1. The van der Waals surface area contributed by atoms with E-state index in [1.54, 1.807) is 42.7 Å². The van der Waals surface area contributed by atoms with Crippen LogP contribution in [0.5, 0.6) is 0 Å². The molecule has 2 aliphatic rings. The minimum atomic E-state index is -0.459. The van der Waals surface area contributed by atoms with Crippen LogP contribution < -0.4 is 22.1 Å². The van der Waals surface area contributed by atoms with E-state index < -0.39 is 15.8 Å². The fraction of sp³-hybridized carbons (Fsp3) is 0.368. The van der Waals surface area contributed by atoms with Crippen LogP contribution in [0.4, 0.5) is 0 Å². The Morgan fingerprint density at radius 2 is 0.913 bits per heavy atom. The van der Waals surface area contributed by atoms with Crippen LogP contribution >= 0.6 is 47.0 Å². The zero-order chi connectivity index (χ0) is 33.1. The number of halogens is 2. The molecule has 0 fully saturated rings. The van der Waals surface area contributed by atoms with Gasteiger partial charge in [0.2, 0.25) is 0 Å². The van der Waals surface area contributed by atoms with Crippen molar-refractivity contribution in [2.45, 2.75) is 73.2 Å². The average Bonchev–Trinajstić information content (AvgIpc) is 3.09. The van der Waals surface area contributed by atoms with Crippen molar-refractivity contribution in [3.63, 3.8) is 0 Å². The zero-order valence-corrected chi connectivity index (χ0v) is 33.6. The van der Waals surface area contributed by atoms with Crippen molar-refractivity contribution in [3.8, 4) is 0 Å². The number of fused-ring (bicyclic) bond motifs is 2. The second-order valence-electron chi connectivity index (χ2n) is 12.6. The van der Waals surface area contributed by atoms with Gasteiger partial charge >= 0.3 is 34.5 Å². The van der Waals surface area contributed by atoms with Crippen LogP contribution in [0.3, 0.4) is 0 Å². The van der Waals surface area contributed by atoms with E-state index in [2.05, 4.69) is 62.7 Å². The van der Waals surface area contributed by atoms with E-state index in [9.17, 15) is 0 Å². The van der Waals surface area contributed by atoms with Gasteiger partial charge in [0.05, 0.1) is 36.5 Å². The topological polar surface area (TPSA) is 52.0 Å². The first-order valence-corrected chi connectivity index (χ1v) is 26.6. The molecule has 0 radical (unpaired) electrons. The van der Waals surface area contributed by atoms with Crippen molar-refractivity contribution in [3.05, 3.63) is 118 Å². The summed E-state index contributed by atoms with van der Waals surface area (Å²) in [5.41, 5.74) is 21.1. The third-order valence-electron chi connectivity index (χ3n) is 9.00. The molecule has 2 nitrogen and oxygen atoms in total. The molecular weight excluding hydrogens is 750 g/mol. The fourth-order valence-electron chi connectivity index (χ4n) is 6.48. The van der Waals surface area contributed by atoms with Crippen molar-refractivity contribution >= 4 is 57.6 Å². The third kappa shape index (κ3) is 10.1. The molecule has 2 atom stereocenters. The van der Waals surface area contributed by atoms with Crippen LogP contribution in [0.2, 0.25) is 0 Å². The summed E-state index contributed by atoms with van der Waals surface area (Å²) in [4.78, 5) is 3.32.